The van der Waals surface area contributed by atoms with Crippen LogP contribution in [0.25, 0.3) is 11.3 Å². The fraction of sp³-hybridized carbons (Fsp3) is 0.375. The maximum atomic E-state index is 15.2. The van der Waals surface area contributed by atoms with Gasteiger partial charge in [0.15, 0.2) is 0 Å². The molecule has 1 aliphatic rings. The van der Waals surface area contributed by atoms with Gasteiger partial charge in [0.25, 0.3) is 10.0 Å². The van der Waals surface area contributed by atoms with Gasteiger partial charge in [0.2, 0.25) is 0 Å². The number of pyridine rings is 1. The lowest BCUT2D eigenvalue weighted by molar-refractivity contribution is 0.208. The van der Waals surface area contributed by atoms with E-state index in [2.05, 4.69) is 10.3 Å². The van der Waals surface area contributed by atoms with E-state index in [1.54, 1.807) is 31.3 Å². The number of hydrogen-bond donors (Lipinski definition) is 1. The van der Waals surface area contributed by atoms with Crippen LogP contribution in [0.4, 0.5) is 4.39 Å². The first kappa shape index (κ1) is 22.5. The van der Waals surface area contributed by atoms with Crippen molar-refractivity contribution in [1.29, 1.82) is 0 Å². The molecule has 1 N–H and O–H groups in total. The predicted octanol–water partition coefficient (Wildman–Crippen LogP) is 4.60. The smallest absolute Gasteiger partial charge is 0.269 e. The molecule has 8 heteroatoms. The summed E-state index contributed by atoms with van der Waals surface area (Å²) in [6.45, 7) is 1.03. The zero-order valence-electron chi connectivity index (χ0n) is 18.1. The highest BCUT2D eigenvalue weighted by Crippen LogP contribution is 2.31. The molecule has 6 nitrogen and oxygen atoms in total. The van der Waals surface area contributed by atoms with Crippen molar-refractivity contribution in [2.24, 2.45) is 5.92 Å². The monoisotopic (exact) mass is 457 g/mol. The van der Waals surface area contributed by atoms with Gasteiger partial charge < -0.3 is 10.1 Å². The number of benzene rings is 1. The number of hydrogen-bond acceptors (Lipinski definition) is 5. The van der Waals surface area contributed by atoms with Crippen LogP contribution in [0.5, 0.6) is 5.75 Å². The zero-order valence-corrected chi connectivity index (χ0v) is 18.9. The topological polar surface area (TPSA) is 73.2 Å². The van der Waals surface area contributed by atoms with Crippen LogP contribution < -0.4 is 10.1 Å². The molecule has 170 valence electrons. The van der Waals surface area contributed by atoms with Crippen molar-refractivity contribution in [2.45, 2.75) is 43.5 Å². The maximum Gasteiger partial charge on any atom is 0.269 e. The van der Waals surface area contributed by atoms with Crippen LogP contribution in [0.1, 0.15) is 37.7 Å². The first-order valence-electron chi connectivity index (χ1n) is 10.9. The number of rotatable bonds is 8. The predicted molar refractivity (Wildman–Crippen MR) is 121 cm³/mol. The van der Waals surface area contributed by atoms with Gasteiger partial charge in [0, 0.05) is 36.8 Å². The quantitative estimate of drug-likeness (QED) is 0.535. The third-order valence-corrected chi connectivity index (χ3v) is 7.50. The molecule has 1 aliphatic carbocycles. The summed E-state index contributed by atoms with van der Waals surface area (Å²) < 4.78 is 48.6. The van der Waals surface area contributed by atoms with E-state index in [1.807, 2.05) is 0 Å². The highest BCUT2D eigenvalue weighted by atomic mass is 32.2. The van der Waals surface area contributed by atoms with E-state index >= 15 is 4.39 Å². The van der Waals surface area contributed by atoms with Gasteiger partial charge in [-0.3, -0.25) is 4.98 Å². The number of nitrogens with zero attached hydrogens (tertiary/aromatic N) is 2. The van der Waals surface area contributed by atoms with Crippen molar-refractivity contribution in [2.75, 3.05) is 13.7 Å². The van der Waals surface area contributed by atoms with E-state index in [1.165, 1.54) is 50.0 Å². The summed E-state index contributed by atoms with van der Waals surface area (Å²) in [5.41, 5.74) is 1.19. The fourth-order valence-corrected chi connectivity index (χ4v) is 5.52. The van der Waals surface area contributed by atoms with Crippen molar-refractivity contribution < 1.29 is 17.5 Å². The lowest BCUT2D eigenvalue weighted by Gasteiger charge is -2.21. The molecule has 0 radical (unpaired) electrons. The average molecular weight is 458 g/mol. The maximum absolute atomic E-state index is 15.2. The van der Waals surface area contributed by atoms with Crippen molar-refractivity contribution in [3.8, 4) is 17.0 Å². The third kappa shape index (κ3) is 4.86. The van der Waals surface area contributed by atoms with Crippen LogP contribution in [0, 0.1) is 11.7 Å². The zero-order chi connectivity index (χ0) is 22.6. The Morgan fingerprint density at radius 1 is 1.19 bits per heavy atom. The summed E-state index contributed by atoms with van der Waals surface area (Å²) in [6.07, 6.45) is 10.3. The van der Waals surface area contributed by atoms with E-state index in [4.69, 9.17) is 4.74 Å². The Bertz CT molecular complexity index is 1160. The molecule has 0 saturated heterocycles. The molecule has 1 fully saturated rings. The Morgan fingerprint density at radius 2 is 2.00 bits per heavy atom. The highest BCUT2D eigenvalue weighted by Gasteiger charge is 2.24. The molecule has 32 heavy (non-hydrogen) atoms. The molecule has 2 aromatic heterocycles. The summed E-state index contributed by atoms with van der Waals surface area (Å²) >= 11 is 0. The van der Waals surface area contributed by atoms with E-state index in [0.717, 1.165) is 22.4 Å². The summed E-state index contributed by atoms with van der Waals surface area (Å²) in [7, 11) is -2.17. The Labute approximate surface area is 188 Å². The number of nitrogens with one attached hydrogen (secondary N) is 1. The molecule has 0 atom stereocenters. The first-order chi connectivity index (χ1) is 15.5. The largest absolute Gasteiger partial charge is 0.493 e. The van der Waals surface area contributed by atoms with Gasteiger partial charge in [-0.25, -0.2) is 16.8 Å². The first-order valence-corrected chi connectivity index (χ1v) is 12.4. The molecule has 2 heterocycles. The third-order valence-electron chi connectivity index (χ3n) is 5.84. The van der Waals surface area contributed by atoms with Gasteiger partial charge in [0.05, 0.1) is 12.3 Å². The van der Waals surface area contributed by atoms with Crippen LogP contribution in [0.15, 0.2) is 59.9 Å². The van der Waals surface area contributed by atoms with Crippen LogP contribution in [0.3, 0.4) is 0 Å². The van der Waals surface area contributed by atoms with Crippen molar-refractivity contribution in [3.63, 3.8) is 0 Å². The lowest BCUT2D eigenvalue weighted by Crippen LogP contribution is -2.15. The number of aromatic nitrogens is 2. The molecular weight excluding hydrogens is 429 g/mol. The van der Waals surface area contributed by atoms with Gasteiger partial charge in [-0.05, 0) is 61.7 Å². The minimum Gasteiger partial charge on any atom is -0.493 e. The standard InChI is InChI=1S/C24H28FN3O3S/c1-26-14-19-12-24(28(16-19)32(29,30)21-8-5-11-27-15-21)22-10-9-20(13-23(22)25)31-17-18-6-3-2-4-7-18/h5,8-13,15-16,18,26H,2-4,6-7,14,17H2,1H3. The Morgan fingerprint density at radius 3 is 2.69 bits per heavy atom. The van der Waals surface area contributed by atoms with Crippen molar-refractivity contribution in [1.82, 2.24) is 14.3 Å². The van der Waals surface area contributed by atoms with E-state index in [9.17, 15) is 8.42 Å². The van der Waals surface area contributed by atoms with Crippen LogP contribution >= 0.6 is 0 Å². The summed E-state index contributed by atoms with van der Waals surface area (Å²) in [5, 5.41) is 3.00. The Balaban J connectivity index is 1.65. The average Bonchev–Trinajstić information content (AvgIpc) is 3.24. The molecule has 0 spiro atoms. The summed E-state index contributed by atoms with van der Waals surface area (Å²) in [4.78, 5) is 3.96. The second-order valence-corrected chi connectivity index (χ2v) is 10.0. The van der Waals surface area contributed by atoms with Crippen molar-refractivity contribution >= 4 is 10.0 Å². The lowest BCUT2D eigenvalue weighted by atomic mass is 9.90. The fourth-order valence-electron chi connectivity index (χ4n) is 4.17. The van der Waals surface area contributed by atoms with Crippen molar-refractivity contribution in [3.05, 3.63) is 66.4 Å². The number of ether oxygens (including phenoxy) is 1. The van der Waals surface area contributed by atoms with E-state index < -0.39 is 15.8 Å². The second kappa shape index (κ2) is 9.83. The van der Waals surface area contributed by atoms with Crippen LogP contribution in [-0.2, 0) is 16.6 Å². The molecule has 0 aliphatic heterocycles. The minimum atomic E-state index is -3.94. The van der Waals surface area contributed by atoms with E-state index in [-0.39, 0.29) is 16.2 Å². The Kier molecular flexibility index (Phi) is 6.91. The van der Waals surface area contributed by atoms with Crippen LogP contribution in [-0.4, -0.2) is 31.0 Å². The molecule has 3 aromatic rings. The molecule has 0 unspecified atom stereocenters. The van der Waals surface area contributed by atoms with Gasteiger partial charge in [-0.1, -0.05) is 19.3 Å². The van der Waals surface area contributed by atoms with E-state index in [0.29, 0.717) is 24.8 Å². The SMILES string of the molecule is CNCc1cc(-c2ccc(OCC3CCCCC3)cc2F)n(S(=O)(=O)c2cccnc2)c1. The minimum absolute atomic E-state index is 0.0423. The highest BCUT2D eigenvalue weighted by molar-refractivity contribution is 7.90. The molecule has 0 bridgehead atoms. The summed E-state index contributed by atoms with van der Waals surface area (Å²) in [6, 6.07) is 9.34. The molecule has 4 rings (SSSR count). The molecule has 1 saturated carbocycles. The second-order valence-electron chi connectivity index (χ2n) is 8.21. The molecular formula is C24H28FN3O3S. The van der Waals surface area contributed by atoms with Gasteiger partial charge >= 0.3 is 0 Å². The van der Waals surface area contributed by atoms with Gasteiger partial charge in [-0.15, -0.1) is 0 Å². The normalized spacial score (nSPS) is 15.1. The molecule has 0 amide bonds. The molecule has 1 aromatic carbocycles. The van der Waals surface area contributed by atoms with Gasteiger partial charge in [-0.2, -0.15) is 0 Å². The van der Waals surface area contributed by atoms with Crippen LogP contribution in [0.2, 0.25) is 0 Å². The van der Waals surface area contributed by atoms with Gasteiger partial charge in [0.1, 0.15) is 16.5 Å². The number of halogens is 1. The Hall–Kier alpha value is -2.71. The summed E-state index contributed by atoms with van der Waals surface area (Å²) in [5.74, 6) is 0.445.